The molecule has 94 valence electrons. The third kappa shape index (κ3) is 2.82. The van der Waals surface area contributed by atoms with Crippen LogP contribution in [0, 0.1) is 11.6 Å². The minimum atomic E-state index is -0.546. The molecule has 1 nitrogen and oxygen atoms in total. The second-order valence-electron chi connectivity index (χ2n) is 3.55. The summed E-state index contributed by atoms with van der Waals surface area (Å²) in [6.45, 7) is 0.0268. The van der Waals surface area contributed by atoms with Crippen molar-refractivity contribution in [1.82, 2.24) is 0 Å². The van der Waals surface area contributed by atoms with Crippen molar-refractivity contribution in [2.24, 2.45) is 0 Å². The van der Waals surface area contributed by atoms with E-state index in [0.717, 1.165) is 0 Å². The summed E-state index contributed by atoms with van der Waals surface area (Å²) < 4.78 is 32.3. The van der Waals surface area contributed by atoms with Crippen LogP contribution < -0.4 is 4.74 Å². The van der Waals surface area contributed by atoms with Crippen molar-refractivity contribution in [1.29, 1.82) is 0 Å². The molecule has 0 aliphatic heterocycles. The van der Waals surface area contributed by atoms with Crippen LogP contribution in [0.5, 0.6) is 5.75 Å². The lowest BCUT2D eigenvalue weighted by Crippen LogP contribution is -1.99. The first-order chi connectivity index (χ1) is 8.59. The molecule has 0 aromatic heterocycles. The molecule has 0 fully saturated rings. The Morgan fingerprint density at radius 2 is 1.72 bits per heavy atom. The molecule has 0 heterocycles. The average Bonchev–Trinajstić information content (AvgIpc) is 2.33. The van der Waals surface area contributed by atoms with E-state index in [0.29, 0.717) is 10.0 Å². The highest BCUT2D eigenvalue weighted by Crippen LogP contribution is 2.29. The molecular formula is C13H8BrClF2O. The van der Waals surface area contributed by atoms with Crippen LogP contribution in [0.25, 0.3) is 0 Å². The first-order valence-corrected chi connectivity index (χ1v) is 6.26. The fraction of sp³-hybridized carbons (Fsp3) is 0.0769. The summed E-state index contributed by atoms with van der Waals surface area (Å²) in [7, 11) is 0. The van der Waals surface area contributed by atoms with Crippen LogP contribution in [-0.2, 0) is 6.61 Å². The third-order valence-electron chi connectivity index (χ3n) is 2.32. The second kappa shape index (κ2) is 5.67. The van der Waals surface area contributed by atoms with E-state index in [1.54, 1.807) is 12.1 Å². The van der Waals surface area contributed by atoms with E-state index >= 15 is 0 Å². The van der Waals surface area contributed by atoms with Crippen LogP contribution >= 0.6 is 27.5 Å². The first kappa shape index (κ1) is 13.3. The van der Waals surface area contributed by atoms with Crippen LogP contribution in [-0.4, -0.2) is 0 Å². The van der Waals surface area contributed by atoms with E-state index < -0.39 is 11.6 Å². The Balaban J connectivity index is 2.19. The maximum Gasteiger partial charge on any atom is 0.174 e. The van der Waals surface area contributed by atoms with Gasteiger partial charge < -0.3 is 4.74 Å². The van der Waals surface area contributed by atoms with Gasteiger partial charge in [-0.15, -0.1) is 0 Å². The van der Waals surface area contributed by atoms with Gasteiger partial charge in [-0.3, -0.25) is 0 Å². The highest BCUT2D eigenvalue weighted by Gasteiger charge is 2.10. The predicted molar refractivity (Wildman–Crippen MR) is 69.8 cm³/mol. The minimum absolute atomic E-state index is 0.0268. The Hall–Kier alpha value is -1.13. The molecule has 0 spiro atoms. The zero-order valence-corrected chi connectivity index (χ0v) is 11.4. The molecule has 0 bridgehead atoms. The van der Waals surface area contributed by atoms with Crippen LogP contribution in [0.15, 0.2) is 40.9 Å². The van der Waals surface area contributed by atoms with Gasteiger partial charge in [0, 0.05) is 5.56 Å². The van der Waals surface area contributed by atoms with E-state index in [2.05, 4.69) is 15.9 Å². The van der Waals surface area contributed by atoms with E-state index in [1.807, 2.05) is 0 Å². The van der Waals surface area contributed by atoms with Gasteiger partial charge in [-0.2, -0.15) is 0 Å². The standard InChI is InChI=1S/C13H8BrClF2O/c14-12-8(3-1-5-10(12)16)7-18-13-9(15)4-2-6-11(13)17/h1-6H,7H2. The number of hydrogen-bond donors (Lipinski definition) is 0. The highest BCUT2D eigenvalue weighted by atomic mass is 79.9. The fourth-order valence-electron chi connectivity index (χ4n) is 1.43. The lowest BCUT2D eigenvalue weighted by molar-refractivity contribution is 0.289. The Labute approximate surface area is 116 Å². The molecule has 5 heteroatoms. The normalized spacial score (nSPS) is 10.4. The second-order valence-corrected chi connectivity index (χ2v) is 4.75. The Morgan fingerprint density at radius 3 is 2.44 bits per heavy atom. The largest absolute Gasteiger partial charge is 0.484 e. The maximum absolute atomic E-state index is 13.4. The van der Waals surface area contributed by atoms with Gasteiger partial charge in [0.1, 0.15) is 12.4 Å². The van der Waals surface area contributed by atoms with E-state index in [1.165, 1.54) is 24.3 Å². The zero-order chi connectivity index (χ0) is 13.1. The van der Waals surface area contributed by atoms with Gasteiger partial charge in [0.05, 0.1) is 9.50 Å². The highest BCUT2D eigenvalue weighted by molar-refractivity contribution is 9.10. The SMILES string of the molecule is Fc1cccc(COc2c(F)cccc2Cl)c1Br. The molecule has 0 atom stereocenters. The van der Waals surface area contributed by atoms with Gasteiger partial charge in [0.15, 0.2) is 11.6 Å². The summed E-state index contributed by atoms with van der Waals surface area (Å²) in [5, 5.41) is 0.183. The minimum Gasteiger partial charge on any atom is -0.484 e. The number of ether oxygens (including phenoxy) is 1. The zero-order valence-electron chi connectivity index (χ0n) is 9.09. The first-order valence-electron chi connectivity index (χ1n) is 5.09. The maximum atomic E-state index is 13.4. The van der Waals surface area contributed by atoms with Crippen molar-refractivity contribution in [3.8, 4) is 5.75 Å². The molecule has 0 radical (unpaired) electrons. The summed E-state index contributed by atoms with van der Waals surface area (Å²) in [6, 6.07) is 8.83. The van der Waals surface area contributed by atoms with Crippen molar-refractivity contribution in [3.63, 3.8) is 0 Å². The van der Waals surface area contributed by atoms with Gasteiger partial charge >= 0.3 is 0 Å². The van der Waals surface area contributed by atoms with Gasteiger partial charge in [0.25, 0.3) is 0 Å². The van der Waals surface area contributed by atoms with Crippen molar-refractivity contribution in [2.75, 3.05) is 0 Å². The molecule has 0 saturated carbocycles. The number of rotatable bonds is 3. The number of halogens is 4. The summed E-state index contributed by atoms with van der Waals surface area (Å²) >= 11 is 8.93. The molecule has 0 aliphatic rings. The average molecular weight is 334 g/mol. The topological polar surface area (TPSA) is 9.23 Å². The van der Waals surface area contributed by atoms with Crippen molar-refractivity contribution in [2.45, 2.75) is 6.61 Å². The molecule has 0 aliphatic carbocycles. The molecule has 0 unspecified atom stereocenters. The van der Waals surface area contributed by atoms with Crippen molar-refractivity contribution >= 4 is 27.5 Å². The fourth-order valence-corrected chi connectivity index (χ4v) is 2.03. The smallest absolute Gasteiger partial charge is 0.174 e. The van der Waals surface area contributed by atoms with Gasteiger partial charge in [-0.25, -0.2) is 8.78 Å². The van der Waals surface area contributed by atoms with Crippen molar-refractivity contribution < 1.29 is 13.5 Å². The van der Waals surface area contributed by atoms with Crippen LogP contribution in [0.1, 0.15) is 5.56 Å². The third-order valence-corrected chi connectivity index (χ3v) is 3.51. The van der Waals surface area contributed by atoms with Crippen LogP contribution in [0.2, 0.25) is 5.02 Å². The molecule has 2 aromatic carbocycles. The number of benzene rings is 2. The number of hydrogen-bond acceptors (Lipinski definition) is 1. The molecule has 2 rings (SSSR count). The van der Waals surface area contributed by atoms with E-state index in [4.69, 9.17) is 16.3 Å². The molecule has 2 aromatic rings. The summed E-state index contributed by atoms with van der Waals surface area (Å²) in [4.78, 5) is 0. The lowest BCUT2D eigenvalue weighted by atomic mass is 10.2. The van der Waals surface area contributed by atoms with E-state index in [-0.39, 0.29) is 17.4 Å². The van der Waals surface area contributed by atoms with Gasteiger partial charge in [-0.05, 0) is 34.1 Å². The molecule has 18 heavy (non-hydrogen) atoms. The summed E-state index contributed by atoms with van der Waals surface area (Å²) in [5.74, 6) is -0.971. The molecular weight excluding hydrogens is 325 g/mol. The summed E-state index contributed by atoms with van der Waals surface area (Å²) in [6.07, 6.45) is 0. The molecule has 0 amide bonds. The molecule has 0 saturated heterocycles. The summed E-state index contributed by atoms with van der Waals surface area (Å²) in [5.41, 5.74) is 0.578. The van der Waals surface area contributed by atoms with E-state index in [9.17, 15) is 8.78 Å². The van der Waals surface area contributed by atoms with Crippen molar-refractivity contribution in [3.05, 3.63) is 63.1 Å². The lowest BCUT2D eigenvalue weighted by Gasteiger charge is -2.10. The van der Waals surface area contributed by atoms with Crippen LogP contribution in [0.4, 0.5) is 8.78 Å². The van der Waals surface area contributed by atoms with Crippen LogP contribution in [0.3, 0.4) is 0 Å². The monoisotopic (exact) mass is 332 g/mol. The Bertz CT molecular complexity index is 555. The quantitative estimate of drug-likeness (QED) is 0.771. The molecule has 0 N–H and O–H groups in total. The Kier molecular flexibility index (Phi) is 4.19. The Morgan fingerprint density at radius 1 is 1.06 bits per heavy atom. The predicted octanol–water partition coefficient (Wildman–Crippen LogP) is 4.96. The van der Waals surface area contributed by atoms with Gasteiger partial charge in [-0.1, -0.05) is 29.8 Å². The number of para-hydroxylation sites is 1. The van der Waals surface area contributed by atoms with Gasteiger partial charge in [0.2, 0.25) is 0 Å².